The molecule has 3 saturated heterocycles. The van der Waals surface area contributed by atoms with E-state index in [1.807, 2.05) is 21.9 Å². The minimum absolute atomic E-state index is 0.0101. The first-order valence-electron chi connectivity index (χ1n) is 15.2. The van der Waals surface area contributed by atoms with E-state index >= 15 is 0 Å². The number of benzene rings is 1. The van der Waals surface area contributed by atoms with Crippen LogP contribution in [0.4, 0.5) is 18.9 Å². The highest BCUT2D eigenvalue weighted by molar-refractivity contribution is 5.81. The first kappa shape index (κ1) is 31.1. The Hall–Kier alpha value is -3.34. The second kappa shape index (κ2) is 12.7. The number of halogens is 3. The Bertz CT molecular complexity index is 1290. The van der Waals surface area contributed by atoms with Crippen LogP contribution in [0.25, 0.3) is 0 Å². The van der Waals surface area contributed by atoms with Gasteiger partial charge in [-0.05, 0) is 68.7 Å². The molecular weight excluding hydrogens is 561 g/mol. The molecule has 3 aliphatic heterocycles. The molecule has 0 spiro atoms. The molecule has 2 atom stereocenters. The molecule has 0 aliphatic carbocycles. The van der Waals surface area contributed by atoms with Gasteiger partial charge in [-0.1, -0.05) is 12.1 Å². The molecule has 43 heavy (non-hydrogen) atoms. The number of anilines is 1. The maximum Gasteiger partial charge on any atom is 0.416 e. The maximum atomic E-state index is 13.9. The molecular formula is C32H41F3N4O4. The van der Waals surface area contributed by atoms with E-state index < -0.39 is 23.6 Å². The summed E-state index contributed by atoms with van der Waals surface area (Å²) < 4.78 is 46.3. The van der Waals surface area contributed by atoms with E-state index in [1.165, 1.54) is 6.07 Å². The van der Waals surface area contributed by atoms with Gasteiger partial charge in [0.2, 0.25) is 11.8 Å². The SMILES string of the molecule is COc1ccc([C@@H]2CN(C(C)C)C[C@H]2C(=O)N2CCC(c3ccc(C(F)(F)F)cc3N3CCC(C(=O)O)CC3)CC2)cn1. The van der Waals surface area contributed by atoms with Gasteiger partial charge in [0, 0.05) is 69.2 Å². The number of carboxylic acids is 1. The molecule has 234 valence electrons. The molecule has 1 aromatic heterocycles. The van der Waals surface area contributed by atoms with E-state index in [2.05, 4.69) is 23.7 Å². The summed E-state index contributed by atoms with van der Waals surface area (Å²) in [7, 11) is 1.57. The van der Waals surface area contributed by atoms with Crippen LogP contribution in [0.15, 0.2) is 36.5 Å². The van der Waals surface area contributed by atoms with E-state index in [0.29, 0.717) is 76.0 Å². The average molecular weight is 603 g/mol. The normalized spacial score (nSPS) is 22.8. The van der Waals surface area contributed by atoms with Crippen LogP contribution in [0, 0.1) is 11.8 Å². The fourth-order valence-corrected chi connectivity index (χ4v) is 6.93. The van der Waals surface area contributed by atoms with Crippen molar-refractivity contribution in [1.29, 1.82) is 0 Å². The lowest BCUT2D eigenvalue weighted by atomic mass is 9.84. The quantitative estimate of drug-likeness (QED) is 0.464. The number of hydrogen-bond acceptors (Lipinski definition) is 6. The van der Waals surface area contributed by atoms with Crippen molar-refractivity contribution in [2.45, 2.75) is 63.6 Å². The van der Waals surface area contributed by atoms with Gasteiger partial charge < -0.3 is 19.6 Å². The average Bonchev–Trinajstić information content (AvgIpc) is 3.46. The monoisotopic (exact) mass is 602 g/mol. The predicted octanol–water partition coefficient (Wildman–Crippen LogP) is 5.24. The topological polar surface area (TPSA) is 86.2 Å². The number of alkyl halides is 3. The van der Waals surface area contributed by atoms with Crippen molar-refractivity contribution in [3.63, 3.8) is 0 Å². The number of rotatable bonds is 7. The number of carboxylic acid groups (broad SMARTS) is 1. The Morgan fingerprint density at radius 3 is 2.26 bits per heavy atom. The van der Waals surface area contributed by atoms with Gasteiger partial charge >= 0.3 is 12.1 Å². The predicted molar refractivity (Wildman–Crippen MR) is 156 cm³/mol. The van der Waals surface area contributed by atoms with E-state index in [1.54, 1.807) is 19.4 Å². The first-order chi connectivity index (χ1) is 20.5. The highest BCUT2D eigenvalue weighted by Gasteiger charge is 2.42. The number of piperidine rings is 2. The van der Waals surface area contributed by atoms with Crippen LogP contribution in [0.5, 0.6) is 5.88 Å². The van der Waals surface area contributed by atoms with Gasteiger partial charge in [0.25, 0.3) is 0 Å². The van der Waals surface area contributed by atoms with Crippen LogP contribution >= 0.6 is 0 Å². The largest absolute Gasteiger partial charge is 0.481 e. The molecule has 4 heterocycles. The number of aromatic nitrogens is 1. The number of carbonyl (C=O) groups excluding carboxylic acids is 1. The molecule has 5 rings (SSSR count). The third-order valence-electron chi connectivity index (χ3n) is 9.58. The summed E-state index contributed by atoms with van der Waals surface area (Å²) in [5.74, 6) is -0.861. The molecule has 1 N–H and O–H groups in total. The lowest BCUT2D eigenvalue weighted by molar-refractivity contribution is -0.142. The van der Waals surface area contributed by atoms with Crippen molar-refractivity contribution < 1.29 is 32.6 Å². The number of amides is 1. The van der Waals surface area contributed by atoms with Crippen molar-refractivity contribution >= 4 is 17.6 Å². The number of nitrogens with zero attached hydrogens (tertiary/aromatic N) is 4. The van der Waals surface area contributed by atoms with Crippen molar-refractivity contribution in [3.05, 3.63) is 53.2 Å². The summed E-state index contributed by atoms with van der Waals surface area (Å²) in [6.07, 6.45) is -0.555. The molecule has 1 aromatic carbocycles. The highest BCUT2D eigenvalue weighted by Crippen LogP contribution is 2.41. The van der Waals surface area contributed by atoms with Gasteiger partial charge in [-0.15, -0.1) is 0 Å². The van der Waals surface area contributed by atoms with Crippen LogP contribution < -0.4 is 9.64 Å². The Morgan fingerprint density at radius 1 is 1.00 bits per heavy atom. The zero-order valence-electron chi connectivity index (χ0n) is 25.0. The highest BCUT2D eigenvalue weighted by atomic mass is 19.4. The second-order valence-corrected chi connectivity index (χ2v) is 12.4. The van der Waals surface area contributed by atoms with E-state index in [-0.39, 0.29) is 23.7 Å². The smallest absolute Gasteiger partial charge is 0.416 e. The lowest BCUT2D eigenvalue weighted by Crippen LogP contribution is -2.43. The molecule has 3 fully saturated rings. The van der Waals surface area contributed by atoms with Crippen molar-refractivity contribution in [1.82, 2.24) is 14.8 Å². The van der Waals surface area contributed by atoms with Crippen LogP contribution in [0.1, 0.15) is 68.1 Å². The fraction of sp³-hybridized carbons (Fsp3) is 0.594. The van der Waals surface area contributed by atoms with Crippen LogP contribution in [-0.4, -0.2) is 84.2 Å². The number of carbonyl (C=O) groups is 2. The van der Waals surface area contributed by atoms with Gasteiger partial charge in [-0.2, -0.15) is 13.2 Å². The Labute approximate surface area is 250 Å². The summed E-state index contributed by atoms with van der Waals surface area (Å²) in [6, 6.07) is 8.07. The van der Waals surface area contributed by atoms with Crippen LogP contribution in [-0.2, 0) is 15.8 Å². The zero-order valence-corrected chi connectivity index (χ0v) is 25.0. The Kier molecular flexibility index (Phi) is 9.20. The third-order valence-corrected chi connectivity index (χ3v) is 9.58. The fourth-order valence-electron chi connectivity index (χ4n) is 6.93. The molecule has 1 amide bonds. The van der Waals surface area contributed by atoms with Crippen molar-refractivity contribution in [2.75, 3.05) is 51.3 Å². The standard InChI is InChI=1S/C32H41F3N4O4/c1-20(2)39-18-26(23-4-7-29(43-3)36-17-23)27(19-39)30(40)38-14-8-21(9-15-38)25-6-5-24(32(33,34)35)16-28(25)37-12-10-22(11-13-37)31(41)42/h4-7,16-17,20-22,26-27H,8-15,18-19H2,1-3H3,(H,41,42)/t26-,27+/m0/s1. The summed E-state index contributed by atoms with van der Waals surface area (Å²) >= 11 is 0. The molecule has 2 aromatic rings. The summed E-state index contributed by atoms with van der Waals surface area (Å²) in [5, 5.41) is 9.39. The number of likely N-dealkylation sites (tertiary alicyclic amines) is 2. The van der Waals surface area contributed by atoms with Crippen LogP contribution in [0.3, 0.4) is 0 Å². The molecule has 8 nitrogen and oxygen atoms in total. The minimum Gasteiger partial charge on any atom is -0.481 e. The molecule has 3 aliphatic rings. The summed E-state index contributed by atoms with van der Waals surface area (Å²) in [5.41, 5.74) is 1.70. The lowest BCUT2D eigenvalue weighted by Gasteiger charge is -2.38. The Balaban J connectivity index is 1.31. The Morgan fingerprint density at radius 2 is 1.70 bits per heavy atom. The maximum absolute atomic E-state index is 13.9. The first-order valence-corrected chi connectivity index (χ1v) is 15.2. The van der Waals surface area contributed by atoms with E-state index in [0.717, 1.165) is 23.7 Å². The number of hydrogen-bond donors (Lipinski definition) is 1. The second-order valence-electron chi connectivity index (χ2n) is 12.4. The van der Waals surface area contributed by atoms with Crippen LogP contribution in [0.2, 0.25) is 0 Å². The number of pyridine rings is 1. The number of ether oxygens (including phenoxy) is 1. The molecule has 11 heteroatoms. The molecule has 0 saturated carbocycles. The molecule has 0 radical (unpaired) electrons. The summed E-state index contributed by atoms with van der Waals surface area (Å²) in [6.45, 7) is 7.58. The van der Waals surface area contributed by atoms with Gasteiger partial charge in [0.05, 0.1) is 24.5 Å². The van der Waals surface area contributed by atoms with Gasteiger partial charge in [-0.25, -0.2) is 4.98 Å². The van der Waals surface area contributed by atoms with E-state index in [4.69, 9.17) is 4.74 Å². The molecule has 0 unspecified atom stereocenters. The van der Waals surface area contributed by atoms with E-state index in [9.17, 15) is 27.9 Å². The number of aliphatic carboxylic acids is 1. The van der Waals surface area contributed by atoms with Crippen molar-refractivity contribution in [3.8, 4) is 5.88 Å². The van der Waals surface area contributed by atoms with Gasteiger partial charge in [0.1, 0.15) is 0 Å². The summed E-state index contributed by atoms with van der Waals surface area (Å²) in [4.78, 5) is 35.9. The third kappa shape index (κ3) is 6.76. The zero-order chi connectivity index (χ0) is 30.9. The van der Waals surface area contributed by atoms with Gasteiger partial charge in [-0.3, -0.25) is 14.5 Å². The minimum atomic E-state index is -4.47. The molecule has 0 bridgehead atoms. The number of methoxy groups -OCH3 is 1. The van der Waals surface area contributed by atoms with Crippen molar-refractivity contribution in [2.24, 2.45) is 11.8 Å². The van der Waals surface area contributed by atoms with Gasteiger partial charge in [0.15, 0.2) is 0 Å².